The summed E-state index contributed by atoms with van der Waals surface area (Å²) in [6, 6.07) is 7.55. The maximum absolute atomic E-state index is 11.9. The van der Waals surface area contributed by atoms with Crippen LogP contribution in [0.25, 0.3) is 0 Å². The second-order valence-corrected chi connectivity index (χ2v) is 5.02. The summed E-state index contributed by atoms with van der Waals surface area (Å²) in [4.78, 5) is 14.1. The number of anilines is 1. The summed E-state index contributed by atoms with van der Waals surface area (Å²) < 4.78 is 0. The van der Waals surface area contributed by atoms with Gasteiger partial charge < -0.3 is 10.6 Å². The summed E-state index contributed by atoms with van der Waals surface area (Å²) in [5, 5.41) is 6.85. The van der Waals surface area contributed by atoms with Crippen molar-refractivity contribution in [3.05, 3.63) is 29.3 Å². The SMILES string of the molecule is CC1CNCCN1CC(=O)Nc1ccc(Cl)cc1.Cl. The molecule has 1 amide bonds. The molecule has 0 aliphatic carbocycles. The van der Waals surface area contributed by atoms with Crippen molar-refractivity contribution < 1.29 is 4.79 Å². The molecule has 19 heavy (non-hydrogen) atoms. The quantitative estimate of drug-likeness (QED) is 0.897. The van der Waals surface area contributed by atoms with Crippen molar-refractivity contribution in [1.29, 1.82) is 0 Å². The van der Waals surface area contributed by atoms with Crippen LogP contribution in [-0.4, -0.2) is 43.0 Å². The number of nitrogens with zero attached hydrogens (tertiary/aromatic N) is 1. The highest BCUT2D eigenvalue weighted by molar-refractivity contribution is 6.30. The van der Waals surface area contributed by atoms with Gasteiger partial charge in [-0.1, -0.05) is 11.6 Å². The standard InChI is InChI=1S/C13H18ClN3O.ClH/c1-10-8-15-6-7-17(10)9-13(18)16-12-4-2-11(14)3-5-12;/h2-5,10,15H,6-9H2,1H3,(H,16,18);1H. The van der Waals surface area contributed by atoms with Crippen molar-refractivity contribution in [3.8, 4) is 0 Å². The highest BCUT2D eigenvalue weighted by Crippen LogP contribution is 2.13. The Bertz CT molecular complexity index is 411. The van der Waals surface area contributed by atoms with Crippen molar-refractivity contribution in [2.75, 3.05) is 31.5 Å². The molecule has 0 bridgehead atoms. The van der Waals surface area contributed by atoms with Crippen LogP contribution in [0, 0.1) is 0 Å². The summed E-state index contributed by atoms with van der Waals surface area (Å²) in [5.41, 5.74) is 0.784. The van der Waals surface area contributed by atoms with Crippen molar-refractivity contribution in [2.24, 2.45) is 0 Å². The third-order valence-electron chi connectivity index (χ3n) is 3.11. The molecule has 2 rings (SSSR count). The first-order valence-corrected chi connectivity index (χ1v) is 6.53. The molecule has 2 N–H and O–H groups in total. The molecular weight excluding hydrogens is 285 g/mol. The average molecular weight is 304 g/mol. The molecule has 1 unspecified atom stereocenters. The Labute approximate surface area is 124 Å². The molecule has 0 saturated carbocycles. The first-order chi connectivity index (χ1) is 8.65. The zero-order chi connectivity index (χ0) is 13.0. The molecular formula is C13H19Cl2N3O. The van der Waals surface area contributed by atoms with Gasteiger partial charge in [-0.05, 0) is 31.2 Å². The molecule has 4 nitrogen and oxygen atoms in total. The molecule has 1 aliphatic rings. The Kier molecular flexibility index (Phi) is 6.58. The number of benzene rings is 1. The Morgan fingerprint density at radius 2 is 2.16 bits per heavy atom. The molecule has 1 heterocycles. The lowest BCUT2D eigenvalue weighted by molar-refractivity contribution is -0.118. The zero-order valence-electron chi connectivity index (χ0n) is 10.9. The molecule has 0 spiro atoms. The summed E-state index contributed by atoms with van der Waals surface area (Å²) in [6.45, 7) is 5.36. The van der Waals surface area contributed by atoms with Crippen LogP contribution < -0.4 is 10.6 Å². The average Bonchev–Trinajstić information content (AvgIpc) is 2.35. The van der Waals surface area contributed by atoms with E-state index in [0.717, 1.165) is 25.3 Å². The molecule has 0 aromatic heterocycles. The largest absolute Gasteiger partial charge is 0.325 e. The number of rotatable bonds is 3. The van der Waals surface area contributed by atoms with Crippen LogP contribution in [0.4, 0.5) is 5.69 Å². The minimum atomic E-state index is 0. The summed E-state index contributed by atoms with van der Waals surface area (Å²) >= 11 is 5.80. The van der Waals surface area contributed by atoms with E-state index in [1.54, 1.807) is 24.3 Å². The summed E-state index contributed by atoms with van der Waals surface area (Å²) in [5.74, 6) is 0.0195. The second kappa shape index (κ2) is 7.70. The smallest absolute Gasteiger partial charge is 0.238 e. The maximum Gasteiger partial charge on any atom is 0.238 e. The van der Waals surface area contributed by atoms with Crippen molar-refractivity contribution in [3.63, 3.8) is 0 Å². The van der Waals surface area contributed by atoms with Gasteiger partial charge in [-0.15, -0.1) is 12.4 Å². The van der Waals surface area contributed by atoms with Crippen LogP contribution in [0.15, 0.2) is 24.3 Å². The fourth-order valence-corrected chi connectivity index (χ4v) is 2.16. The van der Waals surface area contributed by atoms with E-state index < -0.39 is 0 Å². The Hall–Kier alpha value is -0.810. The first-order valence-electron chi connectivity index (χ1n) is 6.15. The molecule has 0 radical (unpaired) electrons. The minimum Gasteiger partial charge on any atom is -0.325 e. The Morgan fingerprint density at radius 1 is 1.47 bits per heavy atom. The van der Waals surface area contributed by atoms with Crippen molar-refractivity contribution in [2.45, 2.75) is 13.0 Å². The van der Waals surface area contributed by atoms with E-state index in [0.29, 0.717) is 17.6 Å². The normalized spacial score (nSPS) is 19.6. The number of halogens is 2. The summed E-state index contributed by atoms with van der Waals surface area (Å²) in [7, 11) is 0. The van der Waals surface area contributed by atoms with Gasteiger partial charge in [0.25, 0.3) is 0 Å². The van der Waals surface area contributed by atoms with Gasteiger partial charge in [0.2, 0.25) is 5.91 Å². The van der Waals surface area contributed by atoms with E-state index in [-0.39, 0.29) is 18.3 Å². The van der Waals surface area contributed by atoms with Crippen molar-refractivity contribution in [1.82, 2.24) is 10.2 Å². The van der Waals surface area contributed by atoms with Gasteiger partial charge >= 0.3 is 0 Å². The molecule has 1 aliphatic heterocycles. The number of hydrogen-bond donors (Lipinski definition) is 2. The first kappa shape index (κ1) is 16.2. The lowest BCUT2D eigenvalue weighted by atomic mass is 10.2. The molecule has 6 heteroatoms. The Morgan fingerprint density at radius 3 is 2.79 bits per heavy atom. The predicted molar refractivity (Wildman–Crippen MR) is 81.2 cm³/mol. The third kappa shape index (κ3) is 4.99. The molecule has 106 valence electrons. The lowest BCUT2D eigenvalue weighted by Gasteiger charge is -2.33. The van der Waals surface area contributed by atoms with Gasteiger partial charge in [0.05, 0.1) is 6.54 Å². The van der Waals surface area contributed by atoms with E-state index in [1.807, 2.05) is 0 Å². The van der Waals surface area contributed by atoms with Gasteiger partial charge in [-0.3, -0.25) is 9.69 Å². The Balaban J connectivity index is 0.00000180. The van der Waals surface area contributed by atoms with Gasteiger partial charge in [0.15, 0.2) is 0 Å². The topological polar surface area (TPSA) is 44.4 Å². The molecule has 1 saturated heterocycles. The summed E-state index contributed by atoms with van der Waals surface area (Å²) in [6.07, 6.45) is 0. The zero-order valence-corrected chi connectivity index (χ0v) is 12.4. The van der Waals surface area contributed by atoms with Crippen LogP contribution in [0.2, 0.25) is 5.02 Å². The fraction of sp³-hybridized carbons (Fsp3) is 0.462. The minimum absolute atomic E-state index is 0. The number of carbonyl (C=O) groups is 1. The van der Waals surface area contributed by atoms with Crippen LogP contribution >= 0.6 is 24.0 Å². The number of amides is 1. The molecule has 1 aromatic rings. The fourth-order valence-electron chi connectivity index (χ4n) is 2.04. The highest BCUT2D eigenvalue weighted by atomic mass is 35.5. The third-order valence-corrected chi connectivity index (χ3v) is 3.37. The highest BCUT2D eigenvalue weighted by Gasteiger charge is 2.20. The van der Waals surface area contributed by atoms with Gasteiger partial charge in [-0.25, -0.2) is 0 Å². The molecule has 1 fully saturated rings. The van der Waals surface area contributed by atoms with Gasteiger partial charge in [-0.2, -0.15) is 0 Å². The van der Waals surface area contributed by atoms with Gasteiger partial charge in [0, 0.05) is 36.4 Å². The van der Waals surface area contributed by atoms with Crippen LogP contribution in [0.5, 0.6) is 0 Å². The van der Waals surface area contributed by atoms with Crippen LogP contribution in [-0.2, 0) is 4.79 Å². The van der Waals surface area contributed by atoms with E-state index in [1.165, 1.54) is 0 Å². The molecule has 1 atom stereocenters. The number of carbonyl (C=O) groups excluding carboxylic acids is 1. The monoisotopic (exact) mass is 303 g/mol. The number of piperazine rings is 1. The predicted octanol–water partition coefficient (Wildman–Crippen LogP) is 1.99. The van der Waals surface area contributed by atoms with E-state index in [4.69, 9.17) is 11.6 Å². The maximum atomic E-state index is 11.9. The van der Waals surface area contributed by atoms with Crippen LogP contribution in [0.1, 0.15) is 6.92 Å². The van der Waals surface area contributed by atoms with E-state index >= 15 is 0 Å². The second-order valence-electron chi connectivity index (χ2n) is 4.58. The van der Waals surface area contributed by atoms with Crippen molar-refractivity contribution >= 4 is 35.6 Å². The van der Waals surface area contributed by atoms with E-state index in [9.17, 15) is 4.79 Å². The number of hydrogen-bond acceptors (Lipinski definition) is 3. The van der Waals surface area contributed by atoms with Gasteiger partial charge in [0.1, 0.15) is 0 Å². The molecule has 1 aromatic carbocycles. The lowest BCUT2D eigenvalue weighted by Crippen LogP contribution is -2.51. The van der Waals surface area contributed by atoms with Crippen LogP contribution in [0.3, 0.4) is 0 Å². The number of nitrogens with one attached hydrogen (secondary N) is 2. The van der Waals surface area contributed by atoms with E-state index in [2.05, 4.69) is 22.5 Å².